The van der Waals surface area contributed by atoms with Crippen molar-refractivity contribution in [2.45, 2.75) is 25.5 Å². The third-order valence-electron chi connectivity index (χ3n) is 2.49. The summed E-state index contributed by atoms with van der Waals surface area (Å²) in [6.45, 7) is 4.70. The number of rotatable bonds is 4. The molecule has 0 saturated carbocycles. The predicted molar refractivity (Wildman–Crippen MR) is 72.2 cm³/mol. The summed E-state index contributed by atoms with van der Waals surface area (Å²) < 4.78 is 30.3. The second-order valence-corrected chi connectivity index (χ2v) is 7.37. The van der Waals surface area contributed by atoms with Crippen LogP contribution in [0.3, 0.4) is 0 Å². The largest absolute Gasteiger partial charge is 0.496 e. The molecular formula is C12H17NO5S. The molecule has 1 aromatic rings. The fourth-order valence-corrected chi connectivity index (χ4v) is 1.98. The Balaban J connectivity index is 3.16. The van der Waals surface area contributed by atoms with Crippen LogP contribution in [0.5, 0.6) is 5.75 Å². The van der Waals surface area contributed by atoms with E-state index in [4.69, 9.17) is 9.84 Å². The van der Waals surface area contributed by atoms with Crippen LogP contribution < -0.4 is 9.46 Å². The molecule has 0 saturated heterocycles. The highest BCUT2D eigenvalue weighted by atomic mass is 32.2. The van der Waals surface area contributed by atoms with Crippen molar-refractivity contribution in [2.24, 2.45) is 0 Å². The smallest absolute Gasteiger partial charge is 0.339 e. The van der Waals surface area contributed by atoms with Gasteiger partial charge in [-0.25, -0.2) is 13.2 Å². The number of methoxy groups -OCH3 is 1. The summed E-state index contributed by atoms with van der Waals surface area (Å²) in [6, 6.07) is 4.02. The van der Waals surface area contributed by atoms with E-state index in [1.165, 1.54) is 25.3 Å². The standard InChI is InChI=1S/C12H17NO5S/c1-12(2,3)19(16,17)13-8-5-6-9(11(14)15)10(7-8)18-4/h5-7,13H,1-4H3,(H,14,15). The Hall–Kier alpha value is -1.76. The molecule has 0 spiro atoms. The van der Waals surface area contributed by atoms with Crippen LogP contribution in [0, 0.1) is 0 Å². The van der Waals surface area contributed by atoms with Crippen LogP contribution in [-0.4, -0.2) is 31.4 Å². The number of ether oxygens (including phenoxy) is 1. The van der Waals surface area contributed by atoms with Crippen molar-refractivity contribution in [3.63, 3.8) is 0 Å². The summed E-state index contributed by atoms with van der Waals surface area (Å²) in [5.74, 6) is -1.04. The Morgan fingerprint density at radius 3 is 2.32 bits per heavy atom. The van der Waals surface area contributed by atoms with Gasteiger partial charge >= 0.3 is 5.97 Å². The van der Waals surface area contributed by atoms with Crippen molar-refractivity contribution in [3.05, 3.63) is 23.8 Å². The van der Waals surface area contributed by atoms with E-state index >= 15 is 0 Å². The number of aromatic carboxylic acids is 1. The average molecular weight is 287 g/mol. The molecule has 0 unspecified atom stereocenters. The minimum absolute atomic E-state index is 0.0267. The van der Waals surface area contributed by atoms with Gasteiger partial charge < -0.3 is 9.84 Å². The van der Waals surface area contributed by atoms with Gasteiger partial charge in [0.2, 0.25) is 10.0 Å². The van der Waals surface area contributed by atoms with Crippen LogP contribution in [0.2, 0.25) is 0 Å². The molecule has 1 rings (SSSR count). The fraction of sp³-hybridized carbons (Fsp3) is 0.417. The quantitative estimate of drug-likeness (QED) is 0.882. The van der Waals surface area contributed by atoms with E-state index in [2.05, 4.69) is 4.72 Å². The van der Waals surface area contributed by atoms with Crippen LogP contribution in [0.1, 0.15) is 31.1 Å². The molecule has 0 fully saturated rings. The van der Waals surface area contributed by atoms with E-state index in [-0.39, 0.29) is 17.0 Å². The van der Waals surface area contributed by atoms with Gasteiger partial charge in [0.05, 0.1) is 17.5 Å². The lowest BCUT2D eigenvalue weighted by molar-refractivity contribution is 0.0693. The van der Waals surface area contributed by atoms with E-state index in [0.29, 0.717) is 0 Å². The highest BCUT2D eigenvalue weighted by Crippen LogP contribution is 2.26. The first kappa shape index (κ1) is 15.3. The number of hydrogen-bond acceptors (Lipinski definition) is 4. The van der Waals surface area contributed by atoms with Gasteiger partial charge in [0, 0.05) is 6.07 Å². The maximum absolute atomic E-state index is 12.0. The molecule has 0 aliphatic heterocycles. The number of carbonyl (C=O) groups is 1. The highest BCUT2D eigenvalue weighted by molar-refractivity contribution is 7.94. The molecular weight excluding hydrogens is 270 g/mol. The number of hydrogen-bond donors (Lipinski definition) is 2. The number of anilines is 1. The molecule has 0 aromatic heterocycles. The second kappa shape index (κ2) is 5.08. The molecule has 0 radical (unpaired) electrons. The Kier molecular flexibility index (Phi) is 4.09. The Morgan fingerprint density at radius 1 is 1.32 bits per heavy atom. The summed E-state index contributed by atoms with van der Waals surface area (Å²) in [6.07, 6.45) is 0. The molecule has 0 atom stereocenters. The summed E-state index contributed by atoms with van der Waals surface area (Å²) >= 11 is 0. The average Bonchev–Trinajstić information content (AvgIpc) is 2.26. The SMILES string of the molecule is COc1cc(NS(=O)(=O)C(C)(C)C)ccc1C(=O)O. The summed E-state index contributed by atoms with van der Waals surface area (Å²) in [5.41, 5.74) is 0.234. The first-order chi connectivity index (χ1) is 8.58. The highest BCUT2D eigenvalue weighted by Gasteiger charge is 2.29. The molecule has 0 bridgehead atoms. The van der Waals surface area contributed by atoms with Crippen LogP contribution in [-0.2, 0) is 10.0 Å². The van der Waals surface area contributed by atoms with Gasteiger partial charge in [0.15, 0.2) is 0 Å². The van der Waals surface area contributed by atoms with Crippen molar-refractivity contribution in [3.8, 4) is 5.75 Å². The second-order valence-electron chi connectivity index (χ2n) is 4.94. The van der Waals surface area contributed by atoms with E-state index < -0.39 is 20.7 Å². The Morgan fingerprint density at radius 2 is 1.89 bits per heavy atom. The van der Waals surface area contributed by atoms with Gasteiger partial charge in [-0.05, 0) is 32.9 Å². The van der Waals surface area contributed by atoms with Crippen molar-refractivity contribution in [1.29, 1.82) is 0 Å². The fourth-order valence-electron chi connectivity index (χ4n) is 1.24. The normalized spacial score (nSPS) is 12.0. The van der Waals surface area contributed by atoms with E-state index in [0.717, 1.165) is 0 Å². The Labute approximate surface area is 112 Å². The number of carboxylic acid groups (broad SMARTS) is 1. The Bertz CT molecular complexity index is 587. The van der Waals surface area contributed by atoms with Crippen LogP contribution in [0.15, 0.2) is 18.2 Å². The molecule has 0 aliphatic rings. The lowest BCUT2D eigenvalue weighted by atomic mass is 10.2. The summed E-state index contributed by atoms with van der Waals surface area (Å²) in [4.78, 5) is 10.9. The van der Waals surface area contributed by atoms with Gasteiger partial charge in [-0.2, -0.15) is 0 Å². The van der Waals surface area contributed by atoms with Gasteiger partial charge in [-0.1, -0.05) is 0 Å². The third-order valence-corrected chi connectivity index (χ3v) is 4.61. The van der Waals surface area contributed by atoms with Gasteiger partial charge in [-0.15, -0.1) is 0 Å². The van der Waals surface area contributed by atoms with Crippen LogP contribution in [0.4, 0.5) is 5.69 Å². The van der Waals surface area contributed by atoms with Crippen LogP contribution >= 0.6 is 0 Å². The summed E-state index contributed by atoms with van der Waals surface area (Å²) in [7, 11) is -2.24. The van der Waals surface area contributed by atoms with Gasteiger partial charge in [0.25, 0.3) is 0 Å². The van der Waals surface area contributed by atoms with E-state index in [1.54, 1.807) is 20.8 Å². The minimum atomic E-state index is -3.56. The molecule has 7 heteroatoms. The maximum Gasteiger partial charge on any atom is 0.339 e. The van der Waals surface area contributed by atoms with Gasteiger partial charge in [0.1, 0.15) is 11.3 Å². The molecule has 2 N–H and O–H groups in total. The third kappa shape index (κ3) is 3.37. The molecule has 0 aliphatic carbocycles. The predicted octanol–water partition coefficient (Wildman–Crippen LogP) is 1.93. The topological polar surface area (TPSA) is 92.7 Å². The lowest BCUT2D eigenvalue weighted by Crippen LogP contribution is -2.33. The summed E-state index contributed by atoms with van der Waals surface area (Å²) in [5, 5.41) is 8.93. The molecule has 106 valence electrons. The molecule has 6 nitrogen and oxygen atoms in total. The molecule has 0 heterocycles. The first-order valence-corrected chi connectivity index (χ1v) is 7.00. The first-order valence-electron chi connectivity index (χ1n) is 5.52. The van der Waals surface area contributed by atoms with Crippen molar-refractivity contribution in [2.75, 3.05) is 11.8 Å². The number of nitrogens with one attached hydrogen (secondary N) is 1. The molecule has 19 heavy (non-hydrogen) atoms. The maximum atomic E-state index is 12.0. The number of carboxylic acids is 1. The van der Waals surface area contributed by atoms with Crippen molar-refractivity contribution in [1.82, 2.24) is 0 Å². The minimum Gasteiger partial charge on any atom is -0.496 e. The lowest BCUT2D eigenvalue weighted by Gasteiger charge is -2.20. The van der Waals surface area contributed by atoms with Gasteiger partial charge in [-0.3, -0.25) is 4.72 Å². The molecule has 0 amide bonds. The van der Waals surface area contributed by atoms with Crippen molar-refractivity contribution < 1.29 is 23.1 Å². The van der Waals surface area contributed by atoms with E-state index in [1.807, 2.05) is 0 Å². The zero-order valence-electron chi connectivity index (χ0n) is 11.2. The number of benzene rings is 1. The zero-order chi connectivity index (χ0) is 14.8. The van der Waals surface area contributed by atoms with Crippen LogP contribution in [0.25, 0.3) is 0 Å². The zero-order valence-corrected chi connectivity index (χ0v) is 12.0. The van der Waals surface area contributed by atoms with Crippen molar-refractivity contribution >= 4 is 21.7 Å². The monoisotopic (exact) mass is 287 g/mol. The molecule has 1 aromatic carbocycles. The van der Waals surface area contributed by atoms with E-state index in [9.17, 15) is 13.2 Å². The number of sulfonamides is 1.